The van der Waals surface area contributed by atoms with Gasteiger partial charge in [0.15, 0.2) is 11.4 Å². The minimum absolute atomic E-state index is 0.0408. The molecule has 2 heterocycles. The lowest BCUT2D eigenvalue weighted by molar-refractivity contribution is -0.300. The van der Waals surface area contributed by atoms with E-state index in [2.05, 4.69) is 10.6 Å². The standard InChI is InChI=1S/C20H27N3O8S/c24-10-13-15(26)16(27)17(28)19(31-13)30-9-8-21-14(25)7-6-12-18(29)23(20(32)22-12)11-4-2-1-3-5-11/h1-5,12-13,15-17,19,24,26-28H,6-10H2,(H,21,25)(H,22,32)/t12?,13-,15+,16+,17-,19-/m1/s1. The van der Waals surface area contributed by atoms with Crippen LogP contribution < -0.4 is 15.5 Å². The SMILES string of the molecule is O=C(CCC1NC(=S)N(c2ccccc2)C1=O)NCCO[C@@H]1O[C@H](CO)[C@H](O)[C@H](O)[C@H]1O. The molecule has 0 saturated carbocycles. The molecule has 176 valence electrons. The van der Waals surface area contributed by atoms with Crippen LogP contribution in [-0.4, -0.2) is 93.9 Å². The van der Waals surface area contributed by atoms with Crippen molar-refractivity contribution in [3.05, 3.63) is 30.3 Å². The van der Waals surface area contributed by atoms with Gasteiger partial charge in [-0.2, -0.15) is 0 Å². The van der Waals surface area contributed by atoms with Gasteiger partial charge in [0.05, 0.1) is 18.9 Å². The number of thiocarbonyl (C=S) groups is 1. The lowest BCUT2D eigenvalue weighted by Gasteiger charge is -2.39. The molecule has 2 aliphatic rings. The lowest BCUT2D eigenvalue weighted by Crippen LogP contribution is -2.59. The van der Waals surface area contributed by atoms with Gasteiger partial charge in [-0.1, -0.05) is 18.2 Å². The molecule has 0 aliphatic carbocycles. The number of aliphatic hydroxyl groups is 4. The summed E-state index contributed by atoms with van der Waals surface area (Å²) in [5.74, 6) is -0.527. The van der Waals surface area contributed by atoms with Crippen LogP contribution in [0.1, 0.15) is 12.8 Å². The summed E-state index contributed by atoms with van der Waals surface area (Å²) in [6.07, 6.45) is -6.49. The highest BCUT2D eigenvalue weighted by molar-refractivity contribution is 7.80. The summed E-state index contributed by atoms with van der Waals surface area (Å²) in [6, 6.07) is 8.39. The summed E-state index contributed by atoms with van der Waals surface area (Å²) in [5.41, 5.74) is 0.660. The Kier molecular flexibility index (Phi) is 8.48. The van der Waals surface area contributed by atoms with E-state index in [9.17, 15) is 24.9 Å². The Balaban J connectivity index is 1.38. The number of hydrogen-bond donors (Lipinski definition) is 6. The van der Waals surface area contributed by atoms with Crippen molar-refractivity contribution in [2.75, 3.05) is 24.7 Å². The fraction of sp³-hybridized carbons (Fsp3) is 0.550. The van der Waals surface area contributed by atoms with Crippen LogP contribution in [0.2, 0.25) is 0 Å². The average Bonchev–Trinajstić information content (AvgIpc) is 3.08. The van der Waals surface area contributed by atoms with Crippen LogP contribution in [0, 0.1) is 0 Å². The second kappa shape index (κ2) is 11.1. The molecule has 2 fully saturated rings. The number of amides is 2. The van der Waals surface area contributed by atoms with E-state index in [0.717, 1.165) is 0 Å². The van der Waals surface area contributed by atoms with E-state index in [0.29, 0.717) is 10.8 Å². The predicted octanol–water partition coefficient (Wildman–Crippen LogP) is -2.01. The number of para-hydroxylation sites is 1. The van der Waals surface area contributed by atoms with Gasteiger partial charge in [0.25, 0.3) is 5.91 Å². The number of carbonyl (C=O) groups is 2. The molecule has 0 radical (unpaired) electrons. The Hall–Kier alpha value is -2.19. The number of nitrogens with one attached hydrogen (secondary N) is 2. The molecule has 2 aliphatic heterocycles. The highest BCUT2D eigenvalue weighted by Gasteiger charge is 2.44. The van der Waals surface area contributed by atoms with E-state index < -0.39 is 43.4 Å². The summed E-state index contributed by atoms with van der Waals surface area (Å²) >= 11 is 5.24. The molecule has 2 saturated heterocycles. The number of carbonyl (C=O) groups excluding carboxylic acids is 2. The Bertz CT molecular complexity index is 811. The van der Waals surface area contributed by atoms with Crippen LogP contribution in [0.15, 0.2) is 30.3 Å². The zero-order chi connectivity index (χ0) is 23.3. The van der Waals surface area contributed by atoms with Crippen LogP contribution in [0.5, 0.6) is 0 Å². The van der Waals surface area contributed by atoms with Gasteiger partial charge in [-0.05, 0) is 30.8 Å². The number of anilines is 1. The van der Waals surface area contributed by atoms with Crippen molar-refractivity contribution in [2.45, 2.75) is 49.6 Å². The lowest BCUT2D eigenvalue weighted by atomic mass is 9.99. The maximum absolute atomic E-state index is 12.6. The molecule has 11 nitrogen and oxygen atoms in total. The zero-order valence-electron chi connectivity index (χ0n) is 17.2. The Labute approximate surface area is 189 Å². The number of ether oxygens (including phenoxy) is 2. The van der Waals surface area contributed by atoms with Crippen molar-refractivity contribution in [1.82, 2.24) is 10.6 Å². The summed E-state index contributed by atoms with van der Waals surface area (Å²) < 4.78 is 10.5. The fourth-order valence-electron chi connectivity index (χ4n) is 3.48. The molecule has 6 N–H and O–H groups in total. The minimum atomic E-state index is -1.53. The zero-order valence-corrected chi connectivity index (χ0v) is 18.0. The summed E-state index contributed by atoms with van der Waals surface area (Å²) in [5, 5.41) is 44.4. The van der Waals surface area contributed by atoms with E-state index in [-0.39, 0.29) is 37.8 Å². The minimum Gasteiger partial charge on any atom is -0.394 e. The van der Waals surface area contributed by atoms with Crippen molar-refractivity contribution >= 4 is 34.8 Å². The molecule has 3 rings (SSSR count). The number of hydrogen-bond acceptors (Lipinski definition) is 9. The third-order valence-electron chi connectivity index (χ3n) is 5.25. The molecule has 0 aromatic heterocycles. The van der Waals surface area contributed by atoms with E-state index >= 15 is 0 Å². The van der Waals surface area contributed by atoms with Crippen LogP contribution in [0.4, 0.5) is 5.69 Å². The number of rotatable bonds is 9. The quantitative estimate of drug-likeness (QED) is 0.176. The van der Waals surface area contributed by atoms with E-state index in [1.807, 2.05) is 6.07 Å². The van der Waals surface area contributed by atoms with Crippen LogP contribution in [-0.2, 0) is 19.1 Å². The third-order valence-corrected chi connectivity index (χ3v) is 5.55. The van der Waals surface area contributed by atoms with Gasteiger partial charge in [0.2, 0.25) is 5.91 Å². The maximum atomic E-state index is 12.6. The summed E-state index contributed by atoms with van der Waals surface area (Å²) in [4.78, 5) is 26.1. The van der Waals surface area contributed by atoms with Crippen molar-refractivity contribution in [1.29, 1.82) is 0 Å². The number of benzene rings is 1. The average molecular weight is 470 g/mol. The van der Waals surface area contributed by atoms with E-state index in [4.69, 9.17) is 26.8 Å². The largest absolute Gasteiger partial charge is 0.394 e. The van der Waals surface area contributed by atoms with Gasteiger partial charge in [-0.15, -0.1) is 0 Å². The summed E-state index contributed by atoms with van der Waals surface area (Å²) in [6.45, 7) is -0.504. The molecule has 32 heavy (non-hydrogen) atoms. The molecular formula is C20H27N3O8S. The molecule has 6 atom stereocenters. The smallest absolute Gasteiger partial charge is 0.255 e. The van der Waals surface area contributed by atoms with Gasteiger partial charge in [-0.25, -0.2) is 0 Å². The number of aliphatic hydroxyl groups excluding tert-OH is 4. The molecule has 1 aromatic carbocycles. The molecule has 0 bridgehead atoms. The van der Waals surface area contributed by atoms with E-state index in [1.165, 1.54) is 4.90 Å². The molecule has 0 spiro atoms. The molecule has 2 amide bonds. The first-order valence-electron chi connectivity index (χ1n) is 10.2. The van der Waals surface area contributed by atoms with Gasteiger partial charge in [0, 0.05) is 13.0 Å². The van der Waals surface area contributed by atoms with Crippen LogP contribution in [0.3, 0.4) is 0 Å². The third kappa shape index (κ3) is 5.59. The van der Waals surface area contributed by atoms with Gasteiger partial charge in [0.1, 0.15) is 30.5 Å². The molecule has 1 aromatic rings. The number of nitrogens with zero attached hydrogens (tertiary/aromatic N) is 1. The monoisotopic (exact) mass is 469 g/mol. The maximum Gasteiger partial charge on any atom is 0.255 e. The van der Waals surface area contributed by atoms with Crippen molar-refractivity contribution in [3.63, 3.8) is 0 Å². The molecule has 12 heteroatoms. The highest BCUT2D eigenvalue weighted by atomic mass is 32.1. The molecule has 1 unspecified atom stereocenters. The van der Waals surface area contributed by atoms with E-state index in [1.54, 1.807) is 24.3 Å². The fourth-order valence-corrected chi connectivity index (χ4v) is 3.82. The van der Waals surface area contributed by atoms with Gasteiger partial charge in [-0.3, -0.25) is 14.5 Å². The van der Waals surface area contributed by atoms with Gasteiger partial charge >= 0.3 is 0 Å². The van der Waals surface area contributed by atoms with Crippen molar-refractivity contribution in [3.8, 4) is 0 Å². The Morgan fingerprint density at radius 3 is 2.59 bits per heavy atom. The summed E-state index contributed by atoms with van der Waals surface area (Å²) in [7, 11) is 0. The van der Waals surface area contributed by atoms with Crippen molar-refractivity contribution < 1.29 is 39.5 Å². The Morgan fingerprint density at radius 2 is 1.91 bits per heavy atom. The van der Waals surface area contributed by atoms with Crippen LogP contribution >= 0.6 is 12.2 Å². The van der Waals surface area contributed by atoms with Gasteiger partial charge < -0.3 is 40.5 Å². The second-order valence-electron chi connectivity index (χ2n) is 7.47. The first kappa shape index (κ1) is 24.5. The normalized spacial score (nSPS) is 30.3. The van der Waals surface area contributed by atoms with Crippen molar-refractivity contribution in [2.24, 2.45) is 0 Å². The first-order valence-corrected chi connectivity index (χ1v) is 10.6. The predicted molar refractivity (Wildman–Crippen MR) is 115 cm³/mol. The molecular weight excluding hydrogens is 442 g/mol. The second-order valence-corrected chi connectivity index (χ2v) is 7.85. The Morgan fingerprint density at radius 1 is 1.19 bits per heavy atom. The topological polar surface area (TPSA) is 161 Å². The highest BCUT2D eigenvalue weighted by Crippen LogP contribution is 2.22. The van der Waals surface area contributed by atoms with Crippen LogP contribution in [0.25, 0.3) is 0 Å². The first-order chi connectivity index (χ1) is 15.3.